The molecule has 1 aromatic heterocycles. The predicted octanol–water partition coefficient (Wildman–Crippen LogP) is 3.33. The van der Waals surface area contributed by atoms with Crippen LogP contribution in [-0.4, -0.2) is 43.7 Å². The zero-order valence-corrected chi connectivity index (χ0v) is 17.4. The molecule has 0 spiro atoms. The molecule has 1 fully saturated rings. The smallest absolute Gasteiger partial charge is 0.191 e. The normalized spacial score (nSPS) is 15.5. The van der Waals surface area contributed by atoms with Crippen molar-refractivity contribution in [2.45, 2.75) is 45.6 Å². The molecule has 0 saturated carbocycles. The van der Waals surface area contributed by atoms with E-state index >= 15 is 0 Å². The lowest BCUT2D eigenvalue weighted by molar-refractivity contribution is 0.459. The highest BCUT2D eigenvalue weighted by Gasteiger charge is 2.20. The number of guanidine groups is 1. The van der Waals surface area contributed by atoms with Crippen LogP contribution in [0.3, 0.4) is 0 Å². The molecular formula is C23H33N5. The molecule has 5 heteroatoms. The molecule has 5 nitrogen and oxygen atoms in total. The molecular weight excluding hydrogens is 346 g/mol. The van der Waals surface area contributed by atoms with Crippen LogP contribution in [0.1, 0.15) is 36.6 Å². The van der Waals surface area contributed by atoms with Crippen LogP contribution in [0.4, 0.5) is 5.82 Å². The fraction of sp³-hybridized carbons (Fsp3) is 0.478. The summed E-state index contributed by atoms with van der Waals surface area (Å²) < 4.78 is 0. The van der Waals surface area contributed by atoms with E-state index in [4.69, 9.17) is 0 Å². The van der Waals surface area contributed by atoms with Gasteiger partial charge in [-0.15, -0.1) is 0 Å². The number of benzene rings is 1. The molecule has 0 radical (unpaired) electrons. The van der Waals surface area contributed by atoms with Gasteiger partial charge in [-0.25, -0.2) is 4.98 Å². The Morgan fingerprint density at radius 2 is 1.82 bits per heavy atom. The minimum atomic E-state index is 0.455. The summed E-state index contributed by atoms with van der Waals surface area (Å²) in [5, 5.41) is 7.04. The Kier molecular flexibility index (Phi) is 7.29. The molecule has 1 aromatic carbocycles. The second-order valence-corrected chi connectivity index (χ2v) is 7.46. The molecule has 0 unspecified atom stereocenters. The van der Waals surface area contributed by atoms with Gasteiger partial charge in [0.25, 0.3) is 0 Å². The van der Waals surface area contributed by atoms with Crippen molar-refractivity contribution in [3.63, 3.8) is 0 Å². The van der Waals surface area contributed by atoms with Gasteiger partial charge in [0.15, 0.2) is 5.96 Å². The summed E-state index contributed by atoms with van der Waals surface area (Å²) in [5.41, 5.74) is 3.83. The Morgan fingerprint density at radius 3 is 2.46 bits per heavy atom. The Balaban J connectivity index is 1.41. The maximum Gasteiger partial charge on any atom is 0.191 e. The average Bonchev–Trinajstić information content (AvgIpc) is 2.74. The van der Waals surface area contributed by atoms with Crippen LogP contribution in [0.15, 0.2) is 47.5 Å². The quantitative estimate of drug-likeness (QED) is 0.597. The van der Waals surface area contributed by atoms with Gasteiger partial charge in [-0.2, -0.15) is 0 Å². The Labute approximate surface area is 169 Å². The SMILES string of the molecule is CCc1ccc(CCNC(=NC)NC2CCN(c3cccc(C)n3)CC2)cc1. The van der Waals surface area contributed by atoms with Crippen LogP contribution in [0.2, 0.25) is 0 Å². The topological polar surface area (TPSA) is 52.6 Å². The summed E-state index contributed by atoms with van der Waals surface area (Å²) in [6.07, 6.45) is 4.28. The van der Waals surface area contributed by atoms with Crippen molar-refractivity contribution < 1.29 is 0 Å². The maximum absolute atomic E-state index is 4.65. The number of anilines is 1. The zero-order chi connectivity index (χ0) is 19.8. The molecule has 0 atom stereocenters. The summed E-state index contributed by atoms with van der Waals surface area (Å²) >= 11 is 0. The van der Waals surface area contributed by atoms with Gasteiger partial charge in [0, 0.05) is 38.4 Å². The molecule has 28 heavy (non-hydrogen) atoms. The average molecular weight is 380 g/mol. The van der Waals surface area contributed by atoms with Crippen LogP contribution in [-0.2, 0) is 12.8 Å². The van der Waals surface area contributed by atoms with Crippen molar-refractivity contribution in [1.29, 1.82) is 0 Å². The highest BCUT2D eigenvalue weighted by atomic mass is 15.2. The van der Waals surface area contributed by atoms with Gasteiger partial charge in [-0.3, -0.25) is 4.99 Å². The predicted molar refractivity (Wildman–Crippen MR) is 118 cm³/mol. The number of hydrogen-bond donors (Lipinski definition) is 2. The summed E-state index contributed by atoms with van der Waals surface area (Å²) in [6, 6.07) is 15.6. The fourth-order valence-corrected chi connectivity index (χ4v) is 3.61. The summed E-state index contributed by atoms with van der Waals surface area (Å²) in [6.45, 7) is 7.17. The third kappa shape index (κ3) is 5.72. The fourth-order valence-electron chi connectivity index (χ4n) is 3.61. The summed E-state index contributed by atoms with van der Waals surface area (Å²) in [5.74, 6) is 1.99. The summed E-state index contributed by atoms with van der Waals surface area (Å²) in [7, 11) is 1.84. The Bertz CT molecular complexity index is 761. The Hall–Kier alpha value is -2.56. The number of rotatable bonds is 6. The molecule has 0 bridgehead atoms. The van der Waals surface area contributed by atoms with E-state index in [1.54, 1.807) is 0 Å². The van der Waals surface area contributed by atoms with Gasteiger partial charge < -0.3 is 15.5 Å². The van der Waals surface area contributed by atoms with Crippen LogP contribution >= 0.6 is 0 Å². The lowest BCUT2D eigenvalue weighted by Crippen LogP contribution is -2.49. The third-order valence-electron chi connectivity index (χ3n) is 5.39. The zero-order valence-electron chi connectivity index (χ0n) is 17.4. The van der Waals surface area contributed by atoms with E-state index in [1.165, 1.54) is 11.1 Å². The van der Waals surface area contributed by atoms with E-state index in [2.05, 4.69) is 68.8 Å². The minimum Gasteiger partial charge on any atom is -0.356 e. The molecule has 1 saturated heterocycles. The number of hydrogen-bond acceptors (Lipinski definition) is 3. The molecule has 2 N–H and O–H groups in total. The van der Waals surface area contributed by atoms with Crippen molar-refractivity contribution >= 4 is 11.8 Å². The third-order valence-corrected chi connectivity index (χ3v) is 5.39. The van der Waals surface area contributed by atoms with Gasteiger partial charge in [-0.05, 0) is 55.9 Å². The number of aryl methyl sites for hydroxylation is 2. The molecule has 1 aliphatic rings. The number of aromatic nitrogens is 1. The van der Waals surface area contributed by atoms with Crippen LogP contribution in [0, 0.1) is 6.92 Å². The number of piperidine rings is 1. The number of pyridine rings is 1. The van der Waals surface area contributed by atoms with Crippen LogP contribution in [0.25, 0.3) is 0 Å². The molecule has 1 aliphatic heterocycles. The van der Waals surface area contributed by atoms with Crippen molar-refractivity contribution in [1.82, 2.24) is 15.6 Å². The van der Waals surface area contributed by atoms with E-state index in [9.17, 15) is 0 Å². The van der Waals surface area contributed by atoms with Gasteiger partial charge in [0.05, 0.1) is 0 Å². The molecule has 150 valence electrons. The highest BCUT2D eigenvalue weighted by molar-refractivity contribution is 5.80. The monoisotopic (exact) mass is 379 g/mol. The van der Waals surface area contributed by atoms with Crippen LogP contribution < -0.4 is 15.5 Å². The van der Waals surface area contributed by atoms with E-state index in [0.717, 1.165) is 62.8 Å². The van der Waals surface area contributed by atoms with Gasteiger partial charge >= 0.3 is 0 Å². The van der Waals surface area contributed by atoms with Gasteiger partial charge in [-0.1, -0.05) is 37.3 Å². The van der Waals surface area contributed by atoms with E-state index in [1.807, 2.05) is 20.0 Å². The standard InChI is InChI=1S/C23H33N5/c1-4-19-8-10-20(11-9-19)12-15-25-23(24-3)27-21-13-16-28(17-14-21)22-7-5-6-18(2)26-22/h5-11,21H,4,12-17H2,1-3H3,(H2,24,25,27). The van der Waals surface area contributed by atoms with Gasteiger partial charge in [0.1, 0.15) is 5.82 Å². The second-order valence-electron chi connectivity index (χ2n) is 7.46. The largest absolute Gasteiger partial charge is 0.356 e. The summed E-state index contributed by atoms with van der Waals surface area (Å²) in [4.78, 5) is 11.4. The highest BCUT2D eigenvalue weighted by Crippen LogP contribution is 2.18. The lowest BCUT2D eigenvalue weighted by atomic mass is 10.1. The van der Waals surface area contributed by atoms with E-state index in [0.29, 0.717) is 6.04 Å². The van der Waals surface area contributed by atoms with Crippen molar-refractivity contribution in [2.75, 3.05) is 31.6 Å². The number of nitrogens with one attached hydrogen (secondary N) is 2. The van der Waals surface area contributed by atoms with Crippen molar-refractivity contribution in [3.8, 4) is 0 Å². The minimum absolute atomic E-state index is 0.455. The second kappa shape index (κ2) is 10.1. The van der Waals surface area contributed by atoms with Crippen LogP contribution in [0.5, 0.6) is 0 Å². The first-order valence-corrected chi connectivity index (χ1v) is 10.4. The van der Waals surface area contributed by atoms with E-state index in [-0.39, 0.29) is 0 Å². The molecule has 0 amide bonds. The van der Waals surface area contributed by atoms with E-state index < -0.39 is 0 Å². The first-order chi connectivity index (χ1) is 13.7. The maximum atomic E-state index is 4.65. The number of nitrogens with zero attached hydrogens (tertiary/aromatic N) is 3. The van der Waals surface area contributed by atoms with Crippen molar-refractivity contribution in [3.05, 3.63) is 59.3 Å². The molecule has 2 heterocycles. The lowest BCUT2D eigenvalue weighted by Gasteiger charge is -2.34. The first kappa shape index (κ1) is 20.2. The molecule has 0 aliphatic carbocycles. The van der Waals surface area contributed by atoms with Crippen molar-refractivity contribution in [2.24, 2.45) is 4.99 Å². The Morgan fingerprint density at radius 1 is 1.11 bits per heavy atom. The molecule has 3 rings (SSSR count). The van der Waals surface area contributed by atoms with Gasteiger partial charge in [0.2, 0.25) is 0 Å². The molecule has 2 aromatic rings. The first-order valence-electron chi connectivity index (χ1n) is 10.4. The number of aliphatic imine (C=N–C) groups is 1.